The summed E-state index contributed by atoms with van der Waals surface area (Å²) in [4.78, 5) is 12.7. The molecule has 1 aromatic carbocycles. The normalized spacial score (nSPS) is 17.0. The fourth-order valence-corrected chi connectivity index (χ4v) is 4.29. The molecule has 0 fully saturated rings. The zero-order chi connectivity index (χ0) is 17.6. The molecule has 1 unspecified atom stereocenters. The Kier molecular flexibility index (Phi) is 4.11. The van der Waals surface area contributed by atoms with E-state index in [-0.39, 0.29) is 11.4 Å². The van der Waals surface area contributed by atoms with E-state index in [0.717, 1.165) is 22.4 Å². The maximum absolute atomic E-state index is 12.7. The lowest BCUT2D eigenvalue weighted by atomic mass is 10.1. The summed E-state index contributed by atoms with van der Waals surface area (Å²) in [6.45, 7) is 10.1. The van der Waals surface area contributed by atoms with Crippen LogP contribution in [0.5, 0.6) is 0 Å². The maximum Gasteiger partial charge on any atom is 0.256 e. The van der Waals surface area contributed by atoms with E-state index < -0.39 is 10.8 Å². The Morgan fingerprint density at radius 1 is 1.17 bits per heavy atom. The van der Waals surface area contributed by atoms with Gasteiger partial charge in [-0.05, 0) is 46.8 Å². The van der Waals surface area contributed by atoms with Crippen LogP contribution in [0.4, 0.5) is 5.82 Å². The van der Waals surface area contributed by atoms with Gasteiger partial charge in [0.1, 0.15) is 5.82 Å². The maximum atomic E-state index is 12.7. The summed E-state index contributed by atoms with van der Waals surface area (Å²) in [5.74, 6) is 1.43. The molecule has 1 atom stereocenters. The molecule has 0 radical (unpaired) electrons. The molecule has 6 heteroatoms. The summed E-state index contributed by atoms with van der Waals surface area (Å²) in [5, 5.41) is 7.62. The van der Waals surface area contributed by atoms with E-state index in [2.05, 4.69) is 10.4 Å². The van der Waals surface area contributed by atoms with Crippen LogP contribution in [-0.2, 0) is 27.8 Å². The fraction of sp³-hybridized carbons (Fsp3) is 0.444. The van der Waals surface area contributed by atoms with Crippen molar-refractivity contribution >= 4 is 22.5 Å². The largest absolute Gasteiger partial charge is 0.306 e. The van der Waals surface area contributed by atoms with E-state index in [1.165, 1.54) is 0 Å². The van der Waals surface area contributed by atoms with Gasteiger partial charge in [-0.25, -0.2) is 4.68 Å². The van der Waals surface area contributed by atoms with E-state index in [1.54, 1.807) is 0 Å². The molecule has 1 aliphatic rings. The average Bonchev–Trinajstić information content (AvgIpc) is 2.95. The SMILES string of the molecule is Cc1cc(C)cc(C(=O)Nc2c3c(nn2C(C)(C)C)CS(=O)C3)c1. The predicted molar refractivity (Wildman–Crippen MR) is 96.6 cm³/mol. The van der Waals surface area contributed by atoms with E-state index in [4.69, 9.17) is 0 Å². The van der Waals surface area contributed by atoms with Gasteiger partial charge in [0.2, 0.25) is 0 Å². The minimum absolute atomic E-state index is 0.160. The molecule has 0 spiro atoms. The third kappa shape index (κ3) is 3.15. The van der Waals surface area contributed by atoms with Crippen LogP contribution in [0, 0.1) is 13.8 Å². The number of fused-ring (bicyclic) bond motifs is 1. The summed E-state index contributed by atoms with van der Waals surface area (Å²) < 4.78 is 13.7. The van der Waals surface area contributed by atoms with Crippen LogP contribution in [0.1, 0.15) is 53.5 Å². The number of carbonyl (C=O) groups excluding carboxylic acids is 1. The van der Waals surface area contributed by atoms with Gasteiger partial charge in [-0.1, -0.05) is 17.2 Å². The van der Waals surface area contributed by atoms with Gasteiger partial charge in [0, 0.05) is 21.9 Å². The highest BCUT2D eigenvalue weighted by Gasteiger charge is 2.31. The second-order valence-electron chi connectivity index (χ2n) is 7.42. The number of hydrogen-bond donors (Lipinski definition) is 1. The first-order valence-electron chi connectivity index (χ1n) is 8.01. The van der Waals surface area contributed by atoms with Crippen molar-refractivity contribution in [2.24, 2.45) is 0 Å². The first-order valence-corrected chi connectivity index (χ1v) is 9.50. The Morgan fingerprint density at radius 2 is 1.79 bits per heavy atom. The molecule has 0 saturated carbocycles. The Hall–Kier alpha value is -1.95. The molecule has 1 aromatic heterocycles. The topological polar surface area (TPSA) is 64.0 Å². The first-order chi connectivity index (χ1) is 11.1. The highest BCUT2D eigenvalue weighted by atomic mass is 32.2. The van der Waals surface area contributed by atoms with Gasteiger partial charge < -0.3 is 5.32 Å². The van der Waals surface area contributed by atoms with Crippen LogP contribution < -0.4 is 5.32 Å². The Morgan fingerprint density at radius 3 is 2.38 bits per heavy atom. The van der Waals surface area contributed by atoms with Crippen LogP contribution in [-0.4, -0.2) is 19.9 Å². The Balaban J connectivity index is 2.00. The van der Waals surface area contributed by atoms with Gasteiger partial charge in [-0.15, -0.1) is 0 Å². The molecule has 24 heavy (non-hydrogen) atoms. The number of anilines is 1. The van der Waals surface area contributed by atoms with Crippen LogP contribution in [0.15, 0.2) is 18.2 Å². The quantitative estimate of drug-likeness (QED) is 0.908. The molecule has 0 bridgehead atoms. The van der Waals surface area contributed by atoms with Crippen molar-refractivity contribution < 1.29 is 9.00 Å². The summed E-state index contributed by atoms with van der Waals surface area (Å²) in [6.07, 6.45) is 0. The lowest BCUT2D eigenvalue weighted by Gasteiger charge is -2.23. The molecular weight excluding hydrogens is 322 g/mol. The van der Waals surface area contributed by atoms with Gasteiger partial charge in [-0.3, -0.25) is 9.00 Å². The van der Waals surface area contributed by atoms with Crippen LogP contribution in [0.25, 0.3) is 0 Å². The number of nitrogens with one attached hydrogen (secondary N) is 1. The van der Waals surface area contributed by atoms with Crippen molar-refractivity contribution in [2.45, 2.75) is 51.7 Å². The van der Waals surface area contributed by atoms with Gasteiger partial charge in [0.15, 0.2) is 0 Å². The van der Waals surface area contributed by atoms with Gasteiger partial charge in [0.05, 0.1) is 22.7 Å². The molecule has 0 saturated heterocycles. The molecule has 128 valence electrons. The third-order valence-electron chi connectivity index (χ3n) is 4.02. The highest BCUT2D eigenvalue weighted by molar-refractivity contribution is 7.83. The lowest BCUT2D eigenvalue weighted by Crippen LogP contribution is -2.27. The van der Waals surface area contributed by atoms with Crippen molar-refractivity contribution in [2.75, 3.05) is 5.32 Å². The number of amides is 1. The van der Waals surface area contributed by atoms with Crippen LogP contribution in [0.2, 0.25) is 0 Å². The molecule has 5 nitrogen and oxygen atoms in total. The second-order valence-corrected chi connectivity index (χ2v) is 8.87. The molecule has 1 N–H and O–H groups in total. The number of nitrogens with zero attached hydrogens (tertiary/aromatic N) is 2. The predicted octanol–water partition coefficient (Wildman–Crippen LogP) is 3.27. The minimum atomic E-state index is -0.927. The fourth-order valence-electron chi connectivity index (χ4n) is 3.03. The summed E-state index contributed by atoms with van der Waals surface area (Å²) >= 11 is 0. The molecule has 1 aliphatic heterocycles. The number of hydrogen-bond acceptors (Lipinski definition) is 3. The Bertz CT molecular complexity index is 826. The van der Waals surface area contributed by atoms with E-state index in [0.29, 0.717) is 22.9 Å². The molecular formula is C18H23N3O2S. The highest BCUT2D eigenvalue weighted by Crippen LogP contribution is 2.33. The van der Waals surface area contributed by atoms with E-state index in [1.807, 2.05) is 57.5 Å². The van der Waals surface area contributed by atoms with Gasteiger partial charge in [-0.2, -0.15) is 5.10 Å². The molecule has 1 amide bonds. The van der Waals surface area contributed by atoms with Gasteiger partial charge >= 0.3 is 0 Å². The standard InChI is InChI=1S/C18H23N3O2S/c1-11-6-12(2)8-13(7-11)17(22)19-16-14-9-24(23)10-15(14)20-21(16)18(3,4)5/h6-8H,9-10H2,1-5H3,(H,19,22). The molecule has 0 aliphatic carbocycles. The number of aromatic nitrogens is 2. The van der Waals surface area contributed by atoms with Gasteiger partial charge in [0.25, 0.3) is 5.91 Å². The third-order valence-corrected chi connectivity index (χ3v) is 5.23. The summed E-state index contributed by atoms with van der Waals surface area (Å²) in [7, 11) is -0.927. The number of benzene rings is 1. The number of rotatable bonds is 2. The lowest BCUT2D eigenvalue weighted by molar-refractivity contribution is 0.102. The van der Waals surface area contributed by atoms with Crippen molar-refractivity contribution in [3.63, 3.8) is 0 Å². The number of aryl methyl sites for hydroxylation is 2. The minimum Gasteiger partial charge on any atom is -0.306 e. The van der Waals surface area contributed by atoms with Crippen molar-refractivity contribution in [3.8, 4) is 0 Å². The zero-order valence-corrected chi connectivity index (χ0v) is 15.6. The smallest absolute Gasteiger partial charge is 0.256 e. The first kappa shape index (κ1) is 16.9. The molecule has 3 rings (SSSR count). The number of carbonyl (C=O) groups is 1. The van der Waals surface area contributed by atoms with E-state index in [9.17, 15) is 9.00 Å². The van der Waals surface area contributed by atoms with Crippen LogP contribution in [0.3, 0.4) is 0 Å². The zero-order valence-electron chi connectivity index (χ0n) is 14.8. The Labute approximate surface area is 144 Å². The summed E-state index contributed by atoms with van der Waals surface area (Å²) in [6, 6.07) is 5.79. The average molecular weight is 345 g/mol. The van der Waals surface area contributed by atoms with Crippen molar-refractivity contribution in [3.05, 3.63) is 46.1 Å². The molecule has 2 aromatic rings. The summed E-state index contributed by atoms with van der Waals surface area (Å²) in [5.41, 5.74) is 4.20. The van der Waals surface area contributed by atoms with Crippen molar-refractivity contribution in [1.29, 1.82) is 0 Å². The second kappa shape index (κ2) is 5.84. The van der Waals surface area contributed by atoms with Crippen molar-refractivity contribution in [1.82, 2.24) is 9.78 Å². The molecule has 2 heterocycles. The van der Waals surface area contributed by atoms with Crippen LogP contribution >= 0.6 is 0 Å². The monoisotopic (exact) mass is 345 g/mol. The van der Waals surface area contributed by atoms with E-state index >= 15 is 0 Å².